The molecule has 6 nitrogen and oxygen atoms in total. The molecular weight excluding hydrogens is 280 g/mol. The third-order valence-electron chi connectivity index (χ3n) is 3.49. The minimum Gasteiger partial charge on any atom is -0.437 e. The van der Waals surface area contributed by atoms with Gasteiger partial charge in [-0.1, -0.05) is 12.5 Å². The molecule has 114 valence electrons. The van der Waals surface area contributed by atoms with Crippen LogP contribution in [0.4, 0.5) is 5.69 Å². The quantitative estimate of drug-likeness (QED) is 0.906. The van der Waals surface area contributed by atoms with Gasteiger partial charge in [-0.05, 0) is 31.5 Å². The van der Waals surface area contributed by atoms with Gasteiger partial charge in [-0.25, -0.2) is 4.98 Å². The molecule has 1 atom stereocenters. The first kappa shape index (κ1) is 14.5. The fraction of sp³-hybridized carbons (Fsp3) is 0.312. The molecule has 6 heteroatoms. The van der Waals surface area contributed by atoms with Crippen molar-refractivity contribution in [1.82, 2.24) is 15.3 Å². The zero-order chi connectivity index (χ0) is 15.2. The Balaban J connectivity index is 1.64. The summed E-state index contributed by atoms with van der Waals surface area (Å²) in [5, 5.41) is 6.15. The van der Waals surface area contributed by atoms with Gasteiger partial charge in [0.15, 0.2) is 0 Å². The summed E-state index contributed by atoms with van der Waals surface area (Å²) in [7, 11) is 0. The van der Waals surface area contributed by atoms with Crippen molar-refractivity contribution in [1.29, 1.82) is 0 Å². The summed E-state index contributed by atoms with van der Waals surface area (Å²) in [6.45, 7) is 0.897. The van der Waals surface area contributed by atoms with Crippen LogP contribution in [0.1, 0.15) is 19.3 Å². The smallest absolute Gasteiger partial charge is 0.241 e. The van der Waals surface area contributed by atoms with Crippen LogP contribution in [0.25, 0.3) is 0 Å². The molecule has 1 saturated heterocycles. The monoisotopic (exact) mass is 298 g/mol. The van der Waals surface area contributed by atoms with Gasteiger partial charge in [-0.2, -0.15) is 0 Å². The zero-order valence-electron chi connectivity index (χ0n) is 12.2. The van der Waals surface area contributed by atoms with Crippen LogP contribution >= 0.6 is 0 Å². The van der Waals surface area contributed by atoms with Gasteiger partial charge in [0, 0.05) is 24.1 Å². The van der Waals surface area contributed by atoms with Crippen molar-refractivity contribution in [2.24, 2.45) is 0 Å². The molecule has 2 heterocycles. The topological polar surface area (TPSA) is 76.1 Å². The van der Waals surface area contributed by atoms with E-state index in [0.29, 0.717) is 17.3 Å². The number of nitrogens with zero attached hydrogens (tertiary/aromatic N) is 2. The average molecular weight is 298 g/mol. The second kappa shape index (κ2) is 7.00. The Morgan fingerprint density at radius 2 is 2.27 bits per heavy atom. The molecule has 1 aromatic carbocycles. The second-order valence-electron chi connectivity index (χ2n) is 5.17. The Morgan fingerprint density at radius 1 is 1.32 bits per heavy atom. The highest BCUT2D eigenvalue weighted by atomic mass is 16.5. The number of rotatable bonds is 4. The van der Waals surface area contributed by atoms with Crippen LogP contribution in [-0.2, 0) is 4.79 Å². The summed E-state index contributed by atoms with van der Waals surface area (Å²) in [5.41, 5.74) is 0.707. The van der Waals surface area contributed by atoms with Crippen LogP contribution in [0.15, 0.2) is 42.9 Å². The molecule has 3 rings (SSSR count). The van der Waals surface area contributed by atoms with E-state index in [2.05, 4.69) is 20.6 Å². The molecule has 0 aliphatic carbocycles. The molecule has 22 heavy (non-hydrogen) atoms. The van der Waals surface area contributed by atoms with Gasteiger partial charge >= 0.3 is 0 Å². The van der Waals surface area contributed by atoms with Gasteiger partial charge in [0.2, 0.25) is 11.8 Å². The number of carbonyl (C=O) groups is 1. The van der Waals surface area contributed by atoms with Crippen molar-refractivity contribution < 1.29 is 9.53 Å². The zero-order valence-corrected chi connectivity index (χ0v) is 12.2. The van der Waals surface area contributed by atoms with Gasteiger partial charge in [0.05, 0.1) is 12.2 Å². The van der Waals surface area contributed by atoms with Gasteiger partial charge < -0.3 is 15.4 Å². The van der Waals surface area contributed by atoms with E-state index in [1.807, 2.05) is 18.2 Å². The summed E-state index contributed by atoms with van der Waals surface area (Å²) in [6.07, 6.45) is 7.78. The highest BCUT2D eigenvalue weighted by molar-refractivity contribution is 5.95. The molecule has 1 amide bonds. The molecule has 2 aromatic rings. The second-order valence-corrected chi connectivity index (χ2v) is 5.17. The Labute approximate surface area is 128 Å². The molecule has 0 spiro atoms. The molecule has 1 aromatic heterocycles. The minimum atomic E-state index is -0.113. The van der Waals surface area contributed by atoms with Crippen LogP contribution < -0.4 is 15.4 Å². The van der Waals surface area contributed by atoms with Gasteiger partial charge in [-0.15, -0.1) is 0 Å². The molecule has 1 unspecified atom stereocenters. The Bertz CT molecular complexity index is 627. The van der Waals surface area contributed by atoms with Gasteiger partial charge in [0.25, 0.3) is 0 Å². The van der Waals surface area contributed by atoms with Crippen molar-refractivity contribution >= 4 is 11.6 Å². The summed E-state index contributed by atoms with van der Waals surface area (Å²) < 4.78 is 5.61. The van der Waals surface area contributed by atoms with E-state index in [1.54, 1.807) is 18.5 Å². The number of benzene rings is 1. The number of aromatic nitrogens is 2. The van der Waals surface area contributed by atoms with Crippen molar-refractivity contribution in [2.45, 2.75) is 25.3 Å². The predicted molar refractivity (Wildman–Crippen MR) is 82.8 cm³/mol. The van der Waals surface area contributed by atoms with E-state index in [-0.39, 0.29) is 11.9 Å². The maximum atomic E-state index is 12.2. The average Bonchev–Trinajstić information content (AvgIpc) is 2.57. The van der Waals surface area contributed by atoms with Crippen LogP contribution in [0.3, 0.4) is 0 Å². The molecule has 1 fully saturated rings. The first-order valence-electron chi connectivity index (χ1n) is 7.39. The third kappa shape index (κ3) is 3.79. The number of amides is 1. The van der Waals surface area contributed by atoms with E-state index >= 15 is 0 Å². The van der Waals surface area contributed by atoms with E-state index in [9.17, 15) is 4.79 Å². The first-order chi connectivity index (χ1) is 10.8. The molecule has 1 aliphatic heterocycles. The lowest BCUT2D eigenvalue weighted by Gasteiger charge is -2.22. The predicted octanol–water partition coefficient (Wildman–Crippen LogP) is 2.35. The number of hydrogen-bond acceptors (Lipinski definition) is 5. The maximum absolute atomic E-state index is 12.2. The summed E-state index contributed by atoms with van der Waals surface area (Å²) in [5.74, 6) is 1.02. The normalized spacial score (nSPS) is 17.7. The minimum absolute atomic E-state index is 0.00338. The van der Waals surface area contributed by atoms with Crippen molar-refractivity contribution in [3.63, 3.8) is 0 Å². The maximum Gasteiger partial charge on any atom is 0.241 e. The standard InChI is InChI=1S/C16H18N4O2/c21-16(14-6-1-2-7-18-14)20-12-4-3-5-13(10-12)22-15-11-17-8-9-19-15/h3-5,8-11,14,18H,1-2,6-7H2,(H,20,21). The van der Waals surface area contributed by atoms with Crippen molar-refractivity contribution in [3.8, 4) is 11.6 Å². The molecule has 0 saturated carbocycles. The van der Waals surface area contributed by atoms with E-state index < -0.39 is 0 Å². The van der Waals surface area contributed by atoms with Gasteiger partial charge in [0.1, 0.15) is 5.75 Å². The number of carbonyl (C=O) groups excluding carboxylic acids is 1. The van der Waals surface area contributed by atoms with E-state index in [4.69, 9.17) is 4.74 Å². The number of ether oxygens (including phenoxy) is 1. The Morgan fingerprint density at radius 3 is 3.05 bits per heavy atom. The number of hydrogen-bond donors (Lipinski definition) is 2. The van der Waals surface area contributed by atoms with Crippen molar-refractivity contribution in [2.75, 3.05) is 11.9 Å². The van der Waals surface area contributed by atoms with Crippen LogP contribution in [0.5, 0.6) is 11.6 Å². The lowest BCUT2D eigenvalue weighted by molar-refractivity contribution is -0.118. The highest BCUT2D eigenvalue weighted by Gasteiger charge is 2.20. The first-order valence-corrected chi connectivity index (χ1v) is 7.39. The Hall–Kier alpha value is -2.47. The van der Waals surface area contributed by atoms with Crippen LogP contribution in [0, 0.1) is 0 Å². The lowest BCUT2D eigenvalue weighted by Crippen LogP contribution is -2.43. The van der Waals surface area contributed by atoms with Crippen molar-refractivity contribution in [3.05, 3.63) is 42.9 Å². The molecular formula is C16H18N4O2. The summed E-state index contributed by atoms with van der Waals surface area (Å²) in [6, 6.07) is 7.14. The number of piperidine rings is 1. The van der Waals surface area contributed by atoms with Gasteiger partial charge in [-0.3, -0.25) is 9.78 Å². The summed E-state index contributed by atoms with van der Waals surface area (Å²) in [4.78, 5) is 20.2. The largest absolute Gasteiger partial charge is 0.437 e. The SMILES string of the molecule is O=C(Nc1cccc(Oc2cnccn2)c1)C1CCCCN1. The molecule has 0 radical (unpaired) electrons. The molecule has 0 bridgehead atoms. The van der Waals surface area contributed by atoms with E-state index in [0.717, 1.165) is 25.8 Å². The van der Waals surface area contributed by atoms with E-state index in [1.165, 1.54) is 6.20 Å². The van der Waals surface area contributed by atoms with Crippen LogP contribution in [-0.4, -0.2) is 28.5 Å². The Kier molecular flexibility index (Phi) is 4.60. The number of nitrogens with one attached hydrogen (secondary N) is 2. The third-order valence-corrected chi connectivity index (χ3v) is 3.49. The summed E-state index contributed by atoms with van der Waals surface area (Å²) >= 11 is 0. The lowest BCUT2D eigenvalue weighted by atomic mass is 10.0. The highest BCUT2D eigenvalue weighted by Crippen LogP contribution is 2.22. The molecule has 2 N–H and O–H groups in total. The molecule has 1 aliphatic rings. The van der Waals surface area contributed by atoms with Crippen LogP contribution in [0.2, 0.25) is 0 Å². The fourth-order valence-electron chi connectivity index (χ4n) is 2.40. The fourth-order valence-corrected chi connectivity index (χ4v) is 2.40. The number of anilines is 1.